The van der Waals surface area contributed by atoms with Crippen molar-refractivity contribution in [2.75, 3.05) is 6.54 Å². The Hall–Kier alpha value is -0.0400. The second-order valence-electron chi connectivity index (χ2n) is 5.08. The fourth-order valence-corrected chi connectivity index (χ4v) is 2.54. The van der Waals surface area contributed by atoms with Crippen LogP contribution in [0.5, 0.6) is 0 Å². The Morgan fingerprint density at radius 2 is 1.92 bits per heavy atom. The molecule has 0 spiro atoms. The van der Waals surface area contributed by atoms with Gasteiger partial charge in [-0.15, -0.1) is 0 Å². The Morgan fingerprint density at radius 1 is 1.31 bits per heavy atom. The highest BCUT2D eigenvalue weighted by Gasteiger charge is 2.33. The van der Waals surface area contributed by atoms with Crippen LogP contribution in [0.15, 0.2) is 0 Å². The zero-order valence-electron chi connectivity index (χ0n) is 9.88. The van der Waals surface area contributed by atoms with Gasteiger partial charge in [0, 0.05) is 18.6 Å². The normalized spacial score (nSPS) is 32.8. The van der Waals surface area contributed by atoms with Crippen molar-refractivity contribution in [3.05, 3.63) is 0 Å². The van der Waals surface area contributed by atoms with Crippen LogP contribution in [0.3, 0.4) is 0 Å². The fraction of sp³-hybridized carbons (Fsp3) is 1.00. The van der Waals surface area contributed by atoms with E-state index < -0.39 is 0 Å². The average molecular weight is 183 g/mol. The summed E-state index contributed by atoms with van der Waals surface area (Å²) in [6, 6.07) is 1.57. The van der Waals surface area contributed by atoms with Crippen LogP contribution in [0.1, 0.15) is 47.5 Å². The second kappa shape index (κ2) is 4.45. The zero-order valence-corrected chi connectivity index (χ0v) is 9.88. The third kappa shape index (κ3) is 2.46. The lowest BCUT2D eigenvalue weighted by Gasteiger charge is -2.32. The first-order valence-corrected chi connectivity index (χ1v) is 5.82. The van der Waals surface area contributed by atoms with Crippen molar-refractivity contribution >= 4 is 0 Å². The fourth-order valence-electron chi connectivity index (χ4n) is 2.54. The van der Waals surface area contributed by atoms with Gasteiger partial charge in [-0.05, 0) is 32.1 Å². The van der Waals surface area contributed by atoms with E-state index >= 15 is 0 Å². The lowest BCUT2D eigenvalue weighted by Crippen LogP contribution is -2.39. The van der Waals surface area contributed by atoms with E-state index in [1.54, 1.807) is 0 Å². The molecule has 0 radical (unpaired) electrons. The van der Waals surface area contributed by atoms with Crippen molar-refractivity contribution < 1.29 is 0 Å². The summed E-state index contributed by atoms with van der Waals surface area (Å²) in [4.78, 5) is 2.69. The van der Waals surface area contributed by atoms with Crippen molar-refractivity contribution in [1.29, 1.82) is 0 Å². The molecule has 1 heteroatoms. The first kappa shape index (κ1) is 11.0. The van der Waals surface area contributed by atoms with E-state index in [9.17, 15) is 0 Å². The summed E-state index contributed by atoms with van der Waals surface area (Å²) in [5.74, 6) is 1.77. The molecule has 0 amide bonds. The second-order valence-corrected chi connectivity index (χ2v) is 5.08. The van der Waals surface area contributed by atoms with E-state index in [0.717, 1.165) is 23.9 Å². The van der Waals surface area contributed by atoms with Gasteiger partial charge in [0.05, 0.1) is 0 Å². The van der Waals surface area contributed by atoms with Gasteiger partial charge in [0.15, 0.2) is 0 Å². The Labute approximate surface area is 83.5 Å². The molecule has 0 saturated carbocycles. The lowest BCUT2D eigenvalue weighted by atomic mass is 9.94. The summed E-state index contributed by atoms with van der Waals surface area (Å²) in [5, 5.41) is 0. The SMILES string of the molecule is CCC(C)[C@@H]1CC(C)CN1C(C)C. The zero-order chi connectivity index (χ0) is 10.0. The molecule has 78 valence electrons. The van der Waals surface area contributed by atoms with E-state index in [4.69, 9.17) is 0 Å². The third-order valence-corrected chi connectivity index (χ3v) is 3.56. The molecule has 0 aromatic rings. The molecular weight excluding hydrogens is 158 g/mol. The standard InChI is InChI=1S/C12H25N/c1-6-11(5)12-7-10(4)8-13(12)9(2)3/h9-12H,6-8H2,1-5H3/t10?,11?,12-/m0/s1. The van der Waals surface area contributed by atoms with Crippen LogP contribution in [0.25, 0.3) is 0 Å². The average Bonchev–Trinajstić information content (AvgIpc) is 2.46. The number of nitrogens with zero attached hydrogens (tertiary/aromatic N) is 1. The van der Waals surface area contributed by atoms with Crippen molar-refractivity contribution in [1.82, 2.24) is 4.90 Å². The van der Waals surface area contributed by atoms with Gasteiger partial charge >= 0.3 is 0 Å². The van der Waals surface area contributed by atoms with E-state index in [1.165, 1.54) is 19.4 Å². The molecule has 1 aliphatic heterocycles. The molecule has 0 N–H and O–H groups in total. The molecular formula is C12H25N. The molecule has 0 bridgehead atoms. The van der Waals surface area contributed by atoms with Crippen LogP contribution in [-0.2, 0) is 0 Å². The smallest absolute Gasteiger partial charge is 0.0127 e. The minimum absolute atomic E-state index is 0.726. The van der Waals surface area contributed by atoms with Crippen molar-refractivity contribution in [3.8, 4) is 0 Å². The van der Waals surface area contributed by atoms with Gasteiger partial charge in [0.25, 0.3) is 0 Å². The highest BCUT2D eigenvalue weighted by Crippen LogP contribution is 2.30. The summed E-state index contributed by atoms with van der Waals surface area (Å²) in [6.07, 6.45) is 2.73. The summed E-state index contributed by atoms with van der Waals surface area (Å²) in [5.41, 5.74) is 0. The number of hydrogen-bond donors (Lipinski definition) is 0. The lowest BCUT2D eigenvalue weighted by molar-refractivity contribution is 0.155. The van der Waals surface area contributed by atoms with Gasteiger partial charge in [0.1, 0.15) is 0 Å². The van der Waals surface area contributed by atoms with Gasteiger partial charge in [-0.25, -0.2) is 0 Å². The van der Waals surface area contributed by atoms with Crippen LogP contribution in [0.4, 0.5) is 0 Å². The van der Waals surface area contributed by atoms with Crippen molar-refractivity contribution in [2.45, 2.75) is 59.5 Å². The quantitative estimate of drug-likeness (QED) is 0.649. The van der Waals surface area contributed by atoms with E-state index in [-0.39, 0.29) is 0 Å². The highest BCUT2D eigenvalue weighted by atomic mass is 15.2. The molecule has 13 heavy (non-hydrogen) atoms. The van der Waals surface area contributed by atoms with Crippen LogP contribution in [-0.4, -0.2) is 23.5 Å². The molecule has 0 aliphatic carbocycles. The summed E-state index contributed by atoms with van der Waals surface area (Å²) in [7, 11) is 0. The van der Waals surface area contributed by atoms with Gasteiger partial charge in [-0.3, -0.25) is 4.90 Å². The van der Waals surface area contributed by atoms with Crippen LogP contribution < -0.4 is 0 Å². The first-order chi connectivity index (χ1) is 6.06. The monoisotopic (exact) mass is 183 g/mol. The molecule has 0 aromatic heterocycles. The summed E-state index contributed by atoms with van der Waals surface area (Å²) < 4.78 is 0. The van der Waals surface area contributed by atoms with Gasteiger partial charge in [-0.1, -0.05) is 27.2 Å². The molecule has 3 atom stereocenters. The molecule has 1 nitrogen and oxygen atoms in total. The minimum Gasteiger partial charge on any atom is -0.297 e. The Morgan fingerprint density at radius 3 is 2.38 bits per heavy atom. The highest BCUT2D eigenvalue weighted by molar-refractivity contribution is 4.87. The molecule has 1 fully saturated rings. The Bertz CT molecular complexity index is 153. The number of rotatable bonds is 3. The predicted molar refractivity (Wildman–Crippen MR) is 58.9 cm³/mol. The van der Waals surface area contributed by atoms with Crippen molar-refractivity contribution in [3.63, 3.8) is 0 Å². The molecule has 1 aliphatic rings. The Balaban J connectivity index is 2.60. The topological polar surface area (TPSA) is 3.24 Å². The Kier molecular flexibility index (Phi) is 3.78. The van der Waals surface area contributed by atoms with Crippen LogP contribution in [0, 0.1) is 11.8 Å². The van der Waals surface area contributed by atoms with Crippen LogP contribution in [0.2, 0.25) is 0 Å². The minimum atomic E-state index is 0.726. The maximum absolute atomic E-state index is 2.69. The maximum Gasteiger partial charge on any atom is 0.0127 e. The molecule has 1 heterocycles. The molecule has 1 rings (SSSR count). The largest absolute Gasteiger partial charge is 0.297 e. The molecule has 0 aromatic carbocycles. The van der Waals surface area contributed by atoms with Gasteiger partial charge in [-0.2, -0.15) is 0 Å². The third-order valence-electron chi connectivity index (χ3n) is 3.56. The van der Waals surface area contributed by atoms with Crippen LogP contribution >= 0.6 is 0 Å². The van der Waals surface area contributed by atoms with Gasteiger partial charge < -0.3 is 0 Å². The molecule has 2 unspecified atom stereocenters. The summed E-state index contributed by atoms with van der Waals surface area (Å²) in [6.45, 7) is 13.1. The summed E-state index contributed by atoms with van der Waals surface area (Å²) >= 11 is 0. The number of hydrogen-bond acceptors (Lipinski definition) is 1. The maximum atomic E-state index is 2.69. The number of likely N-dealkylation sites (tertiary alicyclic amines) is 1. The van der Waals surface area contributed by atoms with E-state index in [2.05, 4.69) is 39.5 Å². The molecule has 1 saturated heterocycles. The van der Waals surface area contributed by atoms with Gasteiger partial charge in [0.2, 0.25) is 0 Å². The first-order valence-electron chi connectivity index (χ1n) is 5.82. The van der Waals surface area contributed by atoms with E-state index in [0.29, 0.717) is 0 Å². The van der Waals surface area contributed by atoms with Crippen molar-refractivity contribution in [2.24, 2.45) is 11.8 Å². The predicted octanol–water partition coefficient (Wildman–Crippen LogP) is 3.15. The van der Waals surface area contributed by atoms with E-state index in [1.807, 2.05) is 0 Å².